The lowest BCUT2D eigenvalue weighted by atomic mass is 10.0. The lowest BCUT2D eigenvalue weighted by Crippen LogP contribution is -2.23. The van der Waals surface area contributed by atoms with Crippen molar-refractivity contribution in [3.8, 4) is 11.3 Å². The number of amides is 1. The van der Waals surface area contributed by atoms with Gasteiger partial charge in [0.25, 0.3) is 0 Å². The molecule has 1 amide bonds. The minimum Gasteiger partial charge on any atom is -0.352 e. The largest absolute Gasteiger partial charge is 0.352 e. The van der Waals surface area contributed by atoms with E-state index in [0.29, 0.717) is 13.0 Å². The molecule has 0 atom stereocenters. The summed E-state index contributed by atoms with van der Waals surface area (Å²) in [5.41, 5.74) is 2.94. The third-order valence-corrected chi connectivity index (χ3v) is 4.53. The third kappa shape index (κ3) is 4.62. The van der Waals surface area contributed by atoms with Crippen molar-refractivity contribution in [2.24, 2.45) is 5.92 Å². The monoisotopic (exact) mass is 309 g/mol. The maximum absolute atomic E-state index is 12.0. The summed E-state index contributed by atoms with van der Waals surface area (Å²) in [4.78, 5) is 20.5. The molecule has 2 heterocycles. The lowest BCUT2D eigenvalue weighted by molar-refractivity contribution is -0.121. The molecular weight excluding hydrogens is 286 g/mol. The van der Waals surface area contributed by atoms with Gasteiger partial charge in [-0.3, -0.25) is 14.8 Å². The van der Waals surface area contributed by atoms with Gasteiger partial charge in [0, 0.05) is 37.1 Å². The summed E-state index contributed by atoms with van der Waals surface area (Å²) < 4.78 is 0. The molecule has 0 unspecified atom stereocenters. The van der Waals surface area contributed by atoms with Crippen LogP contribution in [0.2, 0.25) is 0 Å². The molecule has 1 fully saturated rings. The van der Waals surface area contributed by atoms with Crippen LogP contribution in [0.4, 0.5) is 0 Å². The molecule has 4 nitrogen and oxygen atoms in total. The summed E-state index contributed by atoms with van der Waals surface area (Å²) in [5.74, 6) is 0.912. The van der Waals surface area contributed by atoms with Crippen molar-refractivity contribution in [1.29, 1.82) is 0 Å². The first-order valence-corrected chi connectivity index (χ1v) is 8.43. The van der Waals surface area contributed by atoms with Gasteiger partial charge < -0.3 is 5.32 Å². The van der Waals surface area contributed by atoms with Gasteiger partial charge in [-0.1, -0.05) is 25.7 Å². The fraction of sp³-hybridized carbons (Fsp3) is 0.421. The predicted octanol–water partition coefficient (Wildman–Crippen LogP) is 3.73. The topological polar surface area (TPSA) is 54.9 Å². The summed E-state index contributed by atoms with van der Waals surface area (Å²) in [7, 11) is 0. The Morgan fingerprint density at radius 3 is 2.87 bits per heavy atom. The van der Waals surface area contributed by atoms with Gasteiger partial charge in [0.05, 0.1) is 5.69 Å². The Morgan fingerprint density at radius 1 is 1.22 bits per heavy atom. The second-order valence-electron chi connectivity index (χ2n) is 6.26. The van der Waals surface area contributed by atoms with Crippen LogP contribution in [0.25, 0.3) is 11.3 Å². The second-order valence-corrected chi connectivity index (χ2v) is 6.26. The van der Waals surface area contributed by atoms with Crippen LogP contribution in [0.3, 0.4) is 0 Å². The maximum Gasteiger partial charge on any atom is 0.220 e. The summed E-state index contributed by atoms with van der Waals surface area (Å²) >= 11 is 0. The molecule has 1 N–H and O–H groups in total. The number of aromatic nitrogens is 2. The van der Waals surface area contributed by atoms with E-state index in [1.54, 1.807) is 18.6 Å². The average Bonchev–Trinajstić information content (AvgIpc) is 3.13. The number of carbonyl (C=O) groups is 1. The molecule has 4 heteroatoms. The minimum absolute atomic E-state index is 0.150. The van der Waals surface area contributed by atoms with Gasteiger partial charge in [0.15, 0.2) is 0 Å². The maximum atomic E-state index is 12.0. The number of hydrogen-bond donors (Lipinski definition) is 1. The molecule has 0 aliphatic heterocycles. The van der Waals surface area contributed by atoms with E-state index >= 15 is 0 Å². The Balaban J connectivity index is 1.51. The fourth-order valence-corrected chi connectivity index (χ4v) is 3.18. The average molecular weight is 309 g/mol. The van der Waals surface area contributed by atoms with Gasteiger partial charge in [-0.25, -0.2) is 0 Å². The highest BCUT2D eigenvalue weighted by Gasteiger charge is 2.16. The highest BCUT2D eigenvalue weighted by Crippen LogP contribution is 2.28. The zero-order chi connectivity index (χ0) is 15.9. The van der Waals surface area contributed by atoms with Gasteiger partial charge in [-0.15, -0.1) is 0 Å². The van der Waals surface area contributed by atoms with Crippen LogP contribution in [0.15, 0.2) is 42.9 Å². The molecule has 23 heavy (non-hydrogen) atoms. The molecule has 1 saturated carbocycles. The SMILES string of the molecule is O=C(CCC1CCCC1)NCc1ccnc(-c2cccnc2)c1. The molecule has 2 aromatic rings. The molecule has 0 aromatic carbocycles. The van der Waals surface area contributed by atoms with Crippen molar-refractivity contribution in [1.82, 2.24) is 15.3 Å². The minimum atomic E-state index is 0.150. The first-order chi connectivity index (χ1) is 11.3. The summed E-state index contributed by atoms with van der Waals surface area (Å²) in [6.07, 6.45) is 12.3. The predicted molar refractivity (Wildman–Crippen MR) is 90.5 cm³/mol. The van der Waals surface area contributed by atoms with Gasteiger partial charge in [-0.2, -0.15) is 0 Å². The lowest BCUT2D eigenvalue weighted by Gasteiger charge is -2.09. The van der Waals surface area contributed by atoms with Crippen molar-refractivity contribution in [2.75, 3.05) is 0 Å². The van der Waals surface area contributed by atoms with Crippen molar-refractivity contribution in [3.63, 3.8) is 0 Å². The molecule has 1 aliphatic rings. The Labute approximate surface area is 137 Å². The van der Waals surface area contributed by atoms with Gasteiger partial charge in [0.2, 0.25) is 5.91 Å². The van der Waals surface area contributed by atoms with Crippen molar-refractivity contribution in [3.05, 3.63) is 48.4 Å². The quantitative estimate of drug-likeness (QED) is 0.884. The number of carbonyl (C=O) groups excluding carboxylic acids is 1. The third-order valence-electron chi connectivity index (χ3n) is 4.53. The van der Waals surface area contributed by atoms with Crippen molar-refractivity contribution >= 4 is 5.91 Å². The summed E-state index contributed by atoms with van der Waals surface area (Å²) in [5, 5.41) is 3.02. The molecule has 2 aromatic heterocycles. The van der Waals surface area contributed by atoms with Crippen LogP contribution < -0.4 is 5.32 Å². The van der Waals surface area contributed by atoms with Crippen LogP contribution in [0.5, 0.6) is 0 Å². The van der Waals surface area contributed by atoms with Gasteiger partial charge in [0.1, 0.15) is 0 Å². The Hall–Kier alpha value is -2.23. The Morgan fingerprint density at radius 2 is 2.09 bits per heavy atom. The summed E-state index contributed by atoms with van der Waals surface area (Å²) in [6, 6.07) is 7.83. The van der Waals surface area contributed by atoms with E-state index in [9.17, 15) is 4.79 Å². The zero-order valence-corrected chi connectivity index (χ0v) is 13.4. The first kappa shape index (κ1) is 15.7. The summed E-state index contributed by atoms with van der Waals surface area (Å²) in [6.45, 7) is 0.555. The number of nitrogens with zero attached hydrogens (tertiary/aromatic N) is 2. The van der Waals surface area contributed by atoms with Gasteiger partial charge >= 0.3 is 0 Å². The van der Waals surface area contributed by atoms with E-state index in [1.165, 1.54) is 25.7 Å². The molecule has 120 valence electrons. The van der Waals surface area contributed by atoms with E-state index in [-0.39, 0.29) is 5.91 Å². The molecule has 0 radical (unpaired) electrons. The molecular formula is C19H23N3O. The van der Waals surface area contributed by atoms with Crippen LogP contribution >= 0.6 is 0 Å². The highest BCUT2D eigenvalue weighted by atomic mass is 16.1. The molecule has 0 spiro atoms. The standard InChI is InChI=1S/C19H23N3O/c23-19(8-7-15-4-1-2-5-15)22-13-16-9-11-21-18(12-16)17-6-3-10-20-14-17/h3,6,9-12,14-15H,1-2,4-5,7-8,13H2,(H,22,23). The number of nitrogens with one attached hydrogen (secondary N) is 1. The number of pyridine rings is 2. The number of hydrogen-bond acceptors (Lipinski definition) is 3. The van der Waals surface area contributed by atoms with E-state index in [1.807, 2.05) is 24.3 Å². The number of rotatable bonds is 6. The van der Waals surface area contributed by atoms with Crippen LogP contribution in [-0.4, -0.2) is 15.9 Å². The van der Waals surface area contributed by atoms with Gasteiger partial charge in [-0.05, 0) is 42.2 Å². The molecule has 0 saturated heterocycles. The van der Waals surface area contributed by atoms with E-state index < -0.39 is 0 Å². The van der Waals surface area contributed by atoms with Crippen LogP contribution in [0, 0.1) is 5.92 Å². The van der Waals surface area contributed by atoms with E-state index in [0.717, 1.165) is 29.2 Å². The zero-order valence-electron chi connectivity index (χ0n) is 13.4. The first-order valence-electron chi connectivity index (χ1n) is 8.43. The fourth-order valence-electron chi connectivity index (χ4n) is 3.18. The smallest absolute Gasteiger partial charge is 0.220 e. The van der Waals surface area contributed by atoms with E-state index in [2.05, 4.69) is 15.3 Å². The molecule has 0 bridgehead atoms. The normalized spacial score (nSPS) is 14.8. The molecule has 3 rings (SSSR count). The van der Waals surface area contributed by atoms with Crippen LogP contribution in [-0.2, 0) is 11.3 Å². The second kappa shape index (κ2) is 7.86. The van der Waals surface area contributed by atoms with E-state index in [4.69, 9.17) is 0 Å². The Kier molecular flexibility index (Phi) is 5.35. The molecule has 1 aliphatic carbocycles. The highest BCUT2D eigenvalue weighted by molar-refractivity contribution is 5.75. The van der Waals surface area contributed by atoms with Crippen molar-refractivity contribution in [2.45, 2.75) is 45.1 Å². The van der Waals surface area contributed by atoms with Crippen LogP contribution in [0.1, 0.15) is 44.1 Å². The van der Waals surface area contributed by atoms with Crippen molar-refractivity contribution < 1.29 is 4.79 Å². The Bertz CT molecular complexity index is 636.